The van der Waals surface area contributed by atoms with Crippen LogP contribution in [0.3, 0.4) is 0 Å². The minimum absolute atomic E-state index is 0.238. The van der Waals surface area contributed by atoms with Gasteiger partial charge in [0.15, 0.2) is 11.5 Å². The van der Waals surface area contributed by atoms with Gasteiger partial charge in [-0.3, -0.25) is 0 Å². The lowest BCUT2D eigenvalue weighted by atomic mass is 10.1. The molecule has 2 rings (SSSR count). The summed E-state index contributed by atoms with van der Waals surface area (Å²) in [6.45, 7) is 1.76. The average molecular weight is 225 g/mol. The summed E-state index contributed by atoms with van der Waals surface area (Å²) in [6, 6.07) is 3.14. The van der Waals surface area contributed by atoms with Crippen molar-refractivity contribution in [3.63, 3.8) is 0 Å². The monoisotopic (exact) mass is 225 g/mol. The van der Waals surface area contributed by atoms with Gasteiger partial charge >= 0.3 is 0 Å². The number of rotatable bonds is 3. The Balaban J connectivity index is 2.24. The first-order valence-corrected chi connectivity index (χ1v) is 5.59. The highest BCUT2D eigenvalue weighted by atomic mass is 19.1. The third kappa shape index (κ3) is 2.44. The molecule has 1 heterocycles. The smallest absolute Gasteiger partial charge is 0.164 e. The lowest BCUT2D eigenvalue weighted by Crippen LogP contribution is -2.02. The maximum atomic E-state index is 13.7. The normalized spacial score (nSPS) is 14.6. The van der Waals surface area contributed by atoms with Gasteiger partial charge in [0.05, 0.1) is 13.2 Å². The molecule has 0 fully saturated rings. The van der Waals surface area contributed by atoms with Crippen molar-refractivity contribution in [3.05, 3.63) is 23.5 Å². The number of aryl methyl sites for hydroxylation is 1. The molecule has 4 heteroatoms. The van der Waals surface area contributed by atoms with Crippen LogP contribution in [0.2, 0.25) is 0 Å². The summed E-state index contributed by atoms with van der Waals surface area (Å²) >= 11 is 0. The summed E-state index contributed by atoms with van der Waals surface area (Å²) < 4.78 is 24.6. The van der Waals surface area contributed by atoms with Gasteiger partial charge in [-0.05, 0) is 31.0 Å². The molecule has 0 saturated carbocycles. The number of halogens is 1. The molecule has 3 nitrogen and oxygen atoms in total. The summed E-state index contributed by atoms with van der Waals surface area (Å²) in [5, 5.41) is 0. The van der Waals surface area contributed by atoms with Crippen LogP contribution in [-0.4, -0.2) is 19.8 Å². The molecule has 16 heavy (non-hydrogen) atoms. The van der Waals surface area contributed by atoms with E-state index in [4.69, 9.17) is 15.2 Å². The van der Waals surface area contributed by atoms with Gasteiger partial charge < -0.3 is 15.2 Å². The molecule has 1 aromatic carbocycles. The van der Waals surface area contributed by atoms with E-state index in [-0.39, 0.29) is 5.82 Å². The van der Waals surface area contributed by atoms with Gasteiger partial charge in [-0.15, -0.1) is 0 Å². The first-order valence-electron chi connectivity index (χ1n) is 5.59. The van der Waals surface area contributed by atoms with E-state index in [1.54, 1.807) is 6.07 Å². The van der Waals surface area contributed by atoms with Crippen LogP contribution in [0.4, 0.5) is 4.39 Å². The maximum absolute atomic E-state index is 13.7. The van der Waals surface area contributed by atoms with Crippen molar-refractivity contribution in [2.45, 2.75) is 19.3 Å². The zero-order valence-corrected chi connectivity index (χ0v) is 9.17. The Bertz CT molecular complexity index is 368. The second kappa shape index (κ2) is 5.16. The number of nitrogens with two attached hydrogens (primary N) is 1. The predicted molar refractivity (Wildman–Crippen MR) is 59.4 cm³/mol. The molecule has 88 valence electrons. The summed E-state index contributed by atoms with van der Waals surface area (Å²) in [6.07, 6.45) is 2.24. The van der Waals surface area contributed by atoms with E-state index in [0.29, 0.717) is 43.2 Å². The van der Waals surface area contributed by atoms with Crippen LogP contribution in [0.15, 0.2) is 12.1 Å². The largest absolute Gasteiger partial charge is 0.490 e. The van der Waals surface area contributed by atoms with Gasteiger partial charge in [-0.2, -0.15) is 0 Å². The van der Waals surface area contributed by atoms with Gasteiger partial charge in [0.2, 0.25) is 0 Å². The molecule has 0 aromatic heterocycles. The van der Waals surface area contributed by atoms with Crippen LogP contribution in [0.1, 0.15) is 18.4 Å². The molecular formula is C12H16FNO2. The first-order chi connectivity index (χ1) is 7.81. The number of benzene rings is 1. The molecule has 0 atom stereocenters. The molecule has 1 aromatic rings. The third-order valence-corrected chi connectivity index (χ3v) is 2.57. The summed E-state index contributed by atoms with van der Waals surface area (Å²) in [4.78, 5) is 0. The minimum atomic E-state index is -0.238. The van der Waals surface area contributed by atoms with E-state index < -0.39 is 0 Å². The van der Waals surface area contributed by atoms with Crippen molar-refractivity contribution in [2.75, 3.05) is 19.8 Å². The number of hydrogen-bond acceptors (Lipinski definition) is 3. The Labute approximate surface area is 94.3 Å². The molecule has 1 aliphatic heterocycles. The summed E-state index contributed by atoms with van der Waals surface area (Å²) in [7, 11) is 0. The molecule has 0 amide bonds. The predicted octanol–water partition coefficient (Wildman–Crippen LogP) is 1.88. The van der Waals surface area contributed by atoms with Crippen LogP contribution >= 0.6 is 0 Å². The lowest BCUT2D eigenvalue weighted by Gasteiger charge is -2.10. The standard InChI is InChI=1S/C12H16FNO2/c13-10-8-12-11(15-5-2-6-16-12)7-9(10)3-1-4-14/h7-8H,1-6,14H2. The van der Waals surface area contributed by atoms with Gasteiger partial charge in [-0.25, -0.2) is 4.39 Å². The minimum Gasteiger partial charge on any atom is -0.490 e. The number of ether oxygens (including phenoxy) is 2. The highest BCUT2D eigenvalue weighted by molar-refractivity contribution is 5.44. The van der Waals surface area contributed by atoms with Crippen molar-refractivity contribution < 1.29 is 13.9 Å². The number of fused-ring (bicyclic) bond motifs is 1. The average Bonchev–Trinajstić information content (AvgIpc) is 2.50. The van der Waals surface area contributed by atoms with E-state index >= 15 is 0 Å². The van der Waals surface area contributed by atoms with E-state index in [0.717, 1.165) is 12.8 Å². The van der Waals surface area contributed by atoms with E-state index in [1.807, 2.05) is 0 Å². The van der Waals surface area contributed by atoms with E-state index in [9.17, 15) is 4.39 Å². The van der Waals surface area contributed by atoms with E-state index in [2.05, 4.69) is 0 Å². The molecule has 0 unspecified atom stereocenters. The van der Waals surface area contributed by atoms with Gasteiger partial charge in [-0.1, -0.05) is 0 Å². The van der Waals surface area contributed by atoms with Crippen molar-refractivity contribution in [3.8, 4) is 11.5 Å². The fraction of sp³-hybridized carbons (Fsp3) is 0.500. The molecule has 0 spiro atoms. The Morgan fingerprint density at radius 2 is 1.88 bits per heavy atom. The van der Waals surface area contributed by atoms with Crippen LogP contribution in [0.25, 0.3) is 0 Å². The van der Waals surface area contributed by atoms with Crippen LogP contribution in [-0.2, 0) is 6.42 Å². The van der Waals surface area contributed by atoms with Crippen LogP contribution < -0.4 is 15.2 Å². The molecule has 0 bridgehead atoms. The van der Waals surface area contributed by atoms with Gasteiger partial charge in [0.1, 0.15) is 5.82 Å². The Morgan fingerprint density at radius 1 is 1.19 bits per heavy atom. The fourth-order valence-corrected chi connectivity index (χ4v) is 1.71. The maximum Gasteiger partial charge on any atom is 0.164 e. The Morgan fingerprint density at radius 3 is 2.56 bits per heavy atom. The van der Waals surface area contributed by atoms with Crippen molar-refractivity contribution in [1.29, 1.82) is 0 Å². The molecule has 1 aliphatic rings. The molecule has 0 saturated heterocycles. The second-order valence-corrected chi connectivity index (χ2v) is 3.83. The summed E-state index contributed by atoms with van der Waals surface area (Å²) in [5.41, 5.74) is 6.06. The highest BCUT2D eigenvalue weighted by Crippen LogP contribution is 2.32. The zero-order valence-electron chi connectivity index (χ0n) is 9.17. The lowest BCUT2D eigenvalue weighted by molar-refractivity contribution is 0.296. The van der Waals surface area contributed by atoms with Crippen molar-refractivity contribution in [1.82, 2.24) is 0 Å². The quantitative estimate of drug-likeness (QED) is 0.854. The van der Waals surface area contributed by atoms with Gasteiger partial charge in [0.25, 0.3) is 0 Å². The molecule has 2 N–H and O–H groups in total. The fourth-order valence-electron chi connectivity index (χ4n) is 1.71. The second-order valence-electron chi connectivity index (χ2n) is 3.83. The SMILES string of the molecule is NCCCc1cc2c(cc1F)OCCCO2. The van der Waals surface area contributed by atoms with Crippen molar-refractivity contribution in [2.24, 2.45) is 5.73 Å². The highest BCUT2D eigenvalue weighted by Gasteiger charge is 2.14. The Hall–Kier alpha value is -1.29. The topological polar surface area (TPSA) is 44.5 Å². The molecular weight excluding hydrogens is 209 g/mol. The van der Waals surface area contributed by atoms with Crippen LogP contribution in [0.5, 0.6) is 11.5 Å². The summed E-state index contributed by atoms with van der Waals surface area (Å²) in [5.74, 6) is 0.912. The van der Waals surface area contributed by atoms with Gasteiger partial charge in [0, 0.05) is 12.5 Å². The van der Waals surface area contributed by atoms with Crippen molar-refractivity contribution >= 4 is 0 Å². The van der Waals surface area contributed by atoms with E-state index in [1.165, 1.54) is 6.07 Å². The molecule has 0 aliphatic carbocycles. The number of hydrogen-bond donors (Lipinski definition) is 1. The first kappa shape index (κ1) is 11.2. The van der Waals surface area contributed by atoms with Crippen LogP contribution in [0, 0.1) is 5.82 Å². The molecule has 0 radical (unpaired) electrons. The third-order valence-electron chi connectivity index (χ3n) is 2.57. The Kier molecular flexibility index (Phi) is 3.62. The zero-order chi connectivity index (χ0) is 11.4.